The van der Waals surface area contributed by atoms with Gasteiger partial charge in [-0.25, -0.2) is 13.6 Å². The van der Waals surface area contributed by atoms with Gasteiger partial charge in [0.05, 0.1) is 11.4 Å². The zero-order valence-corrected chi connectivity index (χ0v) is 12.6. The van der Waals surface area contributed by atoms with Gasteiger partial charge in [0.2, 0.25) is 15.9 Å². The molecule has 2 aliphatic heterocycles. The number of likely N-dealkylation sites (tertiary alicyclic amines) is 1. The van der Waals surface area contributed by atoms with Gasteiger partial charge in [0.15, 0.2) is 0 Å². The Morgan fingerprint density at radius 3 is 2.57 bits per heavy atom. The van der Waals surface area contributed by atoms with Crippen LogP contribution < -0.4 is 10.0 Å². The van der Waals surface area contributed by atoms with E-state index in [2.05, 4.69) is 4.90 Å². The van der Waals surface area contributed by atoms with Crippen molar-refractivity contribution in [2.45, 2.75) is 24.2 Å². The van der Waals surface area contributed by atoms with Crippen molar-refractivity contribution in [3.8, 4) is 0 Å². The van der Waals surface area contributed by atoms with Crippen LogP contribution in [0.15, 0.2) is 23.1 Å². The summed E-state index contributed by atoms with van der Waals surface area (Å²) in [5.41, 5.74) is 1.68. The van der Waals surface area contributed by atoms with Crippen molar-refractivity contribution in [1.29, 1.82) is 0 Å². The molecule has 1 fully saturated rings. The highest BCUT2D eigenvalue weighted by molar-refractivity contribution is 7.89. The van der Waals surface area contributed by atoms with Crippen LogP contribution in [-0.4, -0.2) is 45.4 Å². The molecule has 0 unspecified atom stereocenters. The third kappa shape index (κ3) is 2.95. The number of amides is 1. The van der Waals surface area contributed by atoms with Crippen LogP contribution in [0.3, 0.4) is 0 Å². The third-order valence-electron chi connectivity index (χ3n) is 4.13. The Kier molecular flexibility index (Phi) is 3.73. The summed E-state index contributed by atoms with van der Waals surface area (Å²) >= 11 is 0. The Bertz CT molecular complexity index is 666. The van der Waals surface area contributed by atoms with Crippen LogP contribution in [0, 0.1) is 0 Å². The predicted molar refractivity (Wildman–Crippen MR) is 79.5 cm³/mol. The van der Waals surface area contributed by atoms with E-state index in [1.807, 2.05) is 0 Å². The average molecular weight is 309 g/mol. The van der Waals surface area contributed by atoms with Crippen LogP contribution in [0.4, 0.5) is 5.69 Å². The summed E-state index contributed by atoms with van der Waals surface area (Å²) in [6.45, 7) is 3.01. The maximum Gasteiger partial charge on any atom is 0.241 e. The fourth-order valence-electron chi connectivity index (χ4n) is 3.03. The minimum atomic E-state index is -3.69. The molecule has 7 heteroatoms. The second kappa shape index (κ2) is 5.40. The second-order valence-corrected chi connectivity index (χ2v) is 7.18. The monoisotopic (exact) mass is 309 g/mol. The Balaban J connectivity index is 1.78. The molecular formula is C14H19N3O3S. The van der Waals surface area contributed by atoms with E-state index in [0.717, 1.165) is 37.2 Å². The molecule has 2 N–H and O–H groups in total. The Labute approximate surface area is 124 Å². The predicted octanol–water partition coefficient (Wildman–Crippen LogP) is 0.319. The van der Waals surface area contributed by atoms with Crippen molar-refractivity contribution in [1.82, 2.24) is 4.90 Å². The van der Waals surface area contributed by atoms with Gasteiger partial charge in [-0.15, -0.1) is 0 Å². The van der Waals surface area contributed by atoms with Crippen molar-refractivity contribution in [2.75, 3.05) is 31.1 Å². The quantitative estimate of drug-likeness (QED) is 0.871. The summed E-state index contributed by atoms with van der Waals surface area (Å²) in [7, 11) is -3.69. The highest BCUT2D eigenvalue weighted by Crippen LogP contribution is 2.30. The molecule has 0 atom stereocenters. The molecule has 0 bridgehead atoms. The minimum absolute atomic E-state index is 0.0824. The maximum absolute atomic E-state index is 12.4. The number of benzene rings is 1. The lowest BCUT2D eigenvalue weighted by molar-refractivity contribution is -0.119. The van der Waals surface area contributed by atoms with Gasteiger partial charge in [-0.05, 0) is 56.1 Å². The molecule has 0 saturated carbocycles. The van der Waals surface area contributed by atoms with Crippen molar-refractivity contribution in [3.05, 3.63) is 23.8 Å². The van der Waals surface area contributed by atoms with Crippen LogP contribution in [0.25, 0.3) is 0 Å². The van der Waals surface area contributed by atoms with Gasteiger partial charge in [-0.2, -0.15) is 0 Å². The number of fused-ring (bicyclic) bond motifs is 1. The topological polar surface area (TPSA) is 83.7 Å². The van der Waals surface area contributed by atoms with Crippen LogP contribution in [0.1, 0.15) is 18.4 Å². The summed E-state index contributed by atoms with van der Waals surface area (Å²) in [5, 5.41) is 5.14. The molecular weight excluding hydrogens is 290 g/mol. The number of primary sulfonamides is 1. The molecule has 3 rings (SSSR count). The molecule has 1 aromatic carbocycles. The zero-order chi connectivity index (χ0) is 15.0. The van der Waals surface area contributed by atoms with Crippen molar-refractivity contribution in [2.24, 2.45) is 5.14 Å². The smallest absolute Gasteiger partial charge is 0.241 e. The lowest BCUT2D eigenvalue weighted by Crippen LogP contribution is -2.38. The molecule has 2 heterocycles. The lowest BCUT2D eigenvalue weighted by atomic mass is 10.2. The van der Waals surface area contributed by atoms with E-state index in [-0.39, 0.29) is 10.8 Å². The van der Waals surface area contributed by atoms with Gasteiger partial charge < -0.3 is 4.90 Å². The van der Waals surface area contributed by atoms with Crippen LogP contribution in [0.5, 0.6) is 0 Å². The third-order valence-corrected chi connectivity index (χ3v) is 5.04. The molecule has 0 spiro atoms. The van der Waals surface area contributed by atoms with Gasteiger partial charge in [-0.1, -0.05) is 0 Å². The molecule has 21 heavy (non-hydrogen) atoms. The normalized spacial score (nSPS) is 19.0. The zero-order valence-electron chi connectivity index (χ0n) is 11.8. The van der Waals surface area contributed by atoms with Crippen molar-refractivity contribution >= 4 is 21.6 Å². The van der Waals surface area contributed by atoms with Gasteiger partial charge in [0.1, 0.15) is 0 Å². The molecule has 0 aromatic heterocycles. The molecule has 0 aliphatic carbocycles. The molecule has 114 valence electrons. The molecule has 1 amide bonds. The number of rotatable bonds is 3. The van der Waals surface area contributed by atoms with Crippen molar-refractivity contribution in [3.63, 3.8) is 0 Å². The van der Waals surface area contributed by atoms with E-state index in [0.29, 0.717) is 19.5 Å². The van der Waals surface area contributed by atoms with E-state index in [1.54, 1.807) is 17.0 Å². The fraction of sp³-hybridized carbons (Fsp3) is 0.500. The molecule has 1 aromatic rings. The molecule has 6 nitrogen and oxygen atoms in total. The number of carbonyl (C=O) groups is 1. The summed E-state index contributed by atoms with van der Waals surface area (Å²) < 4.78 is 22.7. The second-order valence-electron chi connectivity index (χ2n) is 5.61. The van der Waals surface area contributed by atoms with Crippen LogP contribution >= 0.6 is 0 Å². The first-order chi connectivity index (χ1) is 9.95. The SMILES string of the molecule is NS(=O)(=O)c1ccc2c(c1)CCN2C(=O)CN1CCCC1. The first-order valence-corrected chi connectivity index (χ1v) is 8.68. The van der Waals surface area contributed by atoms with E-state index in [9.17, 15) is 13.2 Å². The Morgan fingerprint density at radius 2 is 1.90 bits per heavy atom. The highest BCUT2D eigenvalue weighted by atomic mass is 32.2. The van der Waals surface area contributed by atoms with E-state index in [1.165, 1.54) is 6.07 Å². The summed E-state index contributed by atoms with van der Waals surface area (Å²) in [6.07, 6.45) is 2.98. The summed E-state index contributed by atoms with van der Waals surface area (Å²) in [5.74, 6) is 0.0824. The number of anilines is 1. The van der Waals surface area contributed by atoms with E-state index >= 15 is 0 Å². The van der Waals surface area contributed by atoms with E-state index in [4.69, 9.17) is 5.14 Å². The minimum Gasteiger partial charge on any atom is -0.311 e. The van der Waals surface area contributed by atoms with Gasteiger partial charge >= 0.3 is 0 Å². The van der Waals surface area contributed by atoms with Crippen LogP contribution in [-0.2, 0) is 21.2 Å². The largest absolute Gasteiger partial charge is 0.311 e. The Hall–Kier alpha value is -1.44. The molecule has 1 saturated heterocycles. The first-order valence-electron chi connectivity index (χ1n) is 7.13. The number of hydrogen-bond acceptors (Lipinski definition) is 4. The number of nitrogens with zero attached hydrogens (tertiary/aromatic N) is 2. The summed E-state index contributed by atoms with van der Waals surface area (Å²) in [6, 6.07) is 4.73. The standard InChI is InChI=1S/C14H19N3O3S/c15-21(19,20)12-3-4-13-11(9-12)5-8-17(13)14(18)10-16-6-1-2-7-16/h3-4,9H,1-2,5-8,10H2,(H2,15,19,20). The number of carbonyl (C=O) groups excluding carboxylic acids is 1. The number of sulfonamides is 1. The van der Waals surface area contributed by atoms with Gasteiger partial charge in [0.25, 0.3) is 0 Å². The average Bonchev–Trinajstić information content (AvgIpc) is 3.05. The highest BCUT2D eigenvalue weighted by Gasteiger charge is 2.27. The Morgan fingerprint density at radius 1 is 1.19 bits per heavy atom. The summed E-state index contributed by atoms with van der Waals surface area (Å²) in [4.78, 5) is 16.4. The fourth-order valence-corrected chi connectivity index (χ4v) is 3.60. The van der Waals surface area contributed by atoms with Crippen LogP contribution in [0.2, 0.25) is 0 Å². The van der Waals surface area contributed by atoms with Gasteiger partial charge in [0, 0.05) is 12.2 Å². The van der Waals surface area contributed by atoms with E-state index < -0.39 is 10.0 Å². The number of hydrogen-bond donors (Lipinski definition) is 1. The van der Waals surface area contributed by atoms with Gasteiger partial charge in [-0.3, -0.25) is 9.69 Å². The van der Waals surface area contributed by atoms with Crippen molar-refractivity contribution < 1.29 is 13.2 Å². The lowest BCUT2D eigenvalue weighted by Gasteiger charge is -2.21. The number of nitrogens with two attached hydrogens (primary N) is 1. The first kappa shape index (κ1) is 14.5. The molecule has 0 radical (unpaired) electrons. The molecule has 2 aliphatic rings. The maximum atomic E-state index is 12.4.